The third-order valence-electron chi connectivity index (χ3n) is 4.46. The lowest BCUT2D eigenvalue weighted by atomic mass is 10.2. The van der Waals surface area contributed by atoms with Gasteiger partial charge in [0, 0.05) is 32.3 Å². The van der Waals surface area contributed by atoms with Crippen molar-refractivity contribution in [2.45, 2.75) is 0 Å². The van der Waals surface area contributed by atoms with Crippen LogP contribution in [0.1, 0.15) is 5.56 Å². The molecule has 2 N–H and O–H groups in total. The quantitative estimate of drug-likeness (QED) is 0.631. The summed E-state index contributed by atoms with van der Waals surface area (Å²) in [5.41, 5.74) is 2.97. The van der Waals surface area contributed by atoms with E-state index in [4.69, 9.17) is 12.2 Å². The molecule has 1 amide bonds. The minimum Gasteiger partial charge on any atom is -0.367 e. The van der Waals surface area contributed by atoms with E-state index in [1.54, 1.807) is 6.08 Å². The number of benzene rings is 2. The zero-order valence-electron chi connectivity index (χ0n) is 15.4. The zero-order valence-corrected chi connectivity index (χ0v) is 16.2. The molecule has 0 aliphatic carbocycles. The Morgan fingerprint density at radius 1 is 1.00 bits per heavy atom. The Balaban J connectivity index is 1.59. The van der Waals surface area contributed by atoms with Gasteiger partial charge < -0.3 is 15.1 Å². The van der Waals surface area contributed by atoms with Crippen molar-refractivity contribution in [3.63, 3.8) is 0 Å². The average molecular weight is 381 g/mol. The van der Waals surface area contributed by atoms with Crippen LogP contribution in [0.4, 0.5) is 11.4 Å². The van der Waals surface area contributed by atoms with Crippen LogP contribution < -0.4 is 15.5 Å². The highest BCUT2D eigenvalue weighted by Crippen LogP contribution is 2.26. The van der Waals surface area contributed by atoms with E-state index in [1.807, 2.05) is 48.5 Å². The van der Waals surface area contributed by atoms with E-state index >= 15 is 0 Å². The van der Waals surface area contributed by atoms with E-state index in [-0.39, 0.29) is 5.91 Å². The number of hydrogen-bond donors (Lipinski definition) is 2. The first-order chi connectivity index (χ1) is 13.1. The normalized spacial score (nSPS) is 14.9. The van der Waals surface area contributed by atoms with Gasteiger partial charge in [0.25, 0.3) is 0 Å². The molecule has 5 nitrogen and oxygen atoms in total. The van der Waals surface area contributed by atoms with Crippen molar-refractivity contribution in [3.8, 4) is 0 Å². The summed E-state index contributed by atoms with van der Waals surface area (Å²) < 4.78 is 0. The molecular formula is C21H24N4OS. The van der Waals surface area contributed by atoms with Gasteiger partial charge in [0.15, 0.2) is 5.11 Å². The summed E-state index contributed by atoms with van der Waals surface area (Å²) in [6.07, 6.45) is 3.24. The van der Waals surface area contributed by atoms with Crippen LogP contribution in [0, 0.1) is 0 Å². The van der Waals surface area contributed by atoms with E-state index in [9.17, 15) is 4.79 Å². The number of hydrogen-bond acceptors (Lipinski definition) is 4. The first-order valence-electron chi connectivity index (χ1n) is 8.99. The van der Waals surface area contributed by atoms with Crippen LogP contribution in [-0.2, 0) is 4.79 Å². The van der Waals surface area contributed by atoms with Gasteiger partial charge >= 0.3 is 0 Å². The minimum absolute atomic E-state index is 0.256. The van der Waals surface area contributed by atoms with E-state index in [1.165, 1.54) is 6.08 Å². The summed E-state index contributed by atoms with van der Waals surface area (Å²) >= 11 is 5.32. The van der Waals surface area contributed by atoms with Crippen molar-refractivity contribution in [1.29, 1.82) is 0 Å². The highest BCUT2D eigenvalue weighted by molar-refractivity contribution is 7.80. The largest absolute Gasteiger partial charge is 0.367 e. The number of piperazine rings is 1. The maximum atomic E-state index is 12.1. The zero-order chi connectivity index (χ0) is 19.1. The average Bonchev–Trinajstić information content (AvgIpc) is 2.68. The number of carbonyl (C=O) groups excluding carboxylic acids is 1. The molecule has 1 aliphatic rings. The summed E-state index contributed by atoms with van der Waals surface area (Å²) in [5.74, 6) is -0.256. The van der Waals surface area contributed by atoms with Crippen LogP contribution in [0.5, 0.6) is 0 Å². The highest BCUT2D eigenvalue weighted by Gasteiger charge is 2.17. The molecule has 27 heavy (non-hydrogen) atoms. The van der Waals surface area contributed by atoms with Crippen LogP contribution in [0.3, 0.4) is 0 Å². The lowest BCUT2D eigenvalue weighted by molar-refractivity contribution is -0.115. The summed E-state index contributed by atoms with van der Waals surface area (Å²) in [7, 11) is 2.13. The number of nitrogens with zero attached hydrogens (tertiary/aromatic N) is 2. The van der Waals surface area contributed by atoms with Crippen LogP contribution in [0.25, 0.3) is 6.08 Å². The van der Waals surface area contributed by atoms with E-state index in [2.05, 4.69) is 33.5 Å². The molecule has 0 aromatic heterocycles. The van der Waals surface area contributed by atoms with Crippen LogP contribution in [0.15, 0.2) is 60.7 Å². The molecule has 1 aliphatic heterocycles. The Labute approximate surface area is 165 Å². The predicted octanol–water partition coefficient (Wildman–Crippen LogP) is 2.96. The van der Waals surface area contributed by atoms with E-state index in [0.717, 1.165) is 43.1 Å². The smallest absolute Gasteiger partial charge is 0.250 e. The molecule has 6 heteroatoms. The molecule has 0 spiro atoms. The van der Waals surface area contributed by atoms with Gasteiger partial charge in [-0.15, -0.1) is 0 Å². The second-order valence-electron chi connectivity index (χ2n) is 6.49. The van der Waals surface area contributed by atoms with Gasteiger partial charge in [-0.3, -0.25) is 10.1 Å². The third kappa shape index (κ3) is 5.64. The maximum absolute atomic E-state index is 12.1. The molecule has 0 bridgehead atoms. The number of para-hydroxylation sites is 2. The van der Waals surface area contributed by atoms with E-state index < -0.39 is 0 Å². The Kier molecular flexibility index (Phi) is 6.57. The lowest BCUT2D eigenvalue weighted by Gasteiger charge is -2.35. The van der Waals surface area contributed by atoms with E-state index in [0.29, 0.717) is 5.11 Å². The van der Waals surface area contributed by atoms with Gasteiger partial charge in [0.1, 0.15) is 0 Å². The fourth-order valence-corrected chi connectivity index (χ4v) is 3.16. The van der Waals surface area contributed by atoms with Crippen molar-refractivity contribution in [2.75, 3.05) is 43.4 Å². The number of amides is 1. The molecule has 0 unspecified atom stereocenters. The summed E-state index contributed by atoms with van der Waals surface area (Å²) in [5, 5.41) is 6.15. The molecule has 2 aromatic carbocycles. The van der Waals surface area contributed by atoms with Crippen molar-refractivity contribution >= 4 is 40.7 Å². The van der Waals surface area contributed by atoms with Crippen LogP contribution in [-0.4, -0.2) is 49.1 Å². The molecule has 0 atom stereocenters. The molecule has 1 saturated heterocycles. The minimum atomic E-state index is -0.256. The van der Waals surface area contributed by atoms with Gasteiger partial charge in [-0.2, -0.15) is 0 Å². The second-order valence-corrected chi connectivity index (χ2v) is 6.90. The number of thiocarbonyl (C=S) groups is 1. The Morgan fingerprint density at radius 3 is 2.41 bits per heavy atom. The van der Waals surface area contributed by atoms with Gasteiger partial charge in [0.05, 0.1) is 11.4 Å². The van der Waals surface area contributed by atoms with Gasteiger partial charge in [-0.1, -0.05) is 42.5 Å². The fraction of sp³-hybridized carbons (Fsp3) is 0.238. The number of likely N-dealkylation sites (N-methyl/N-ethyl adjacent to an activating group) is 1. The number of anilines is 2. The fourth-order valence-electron chi connectivity index (χ4n) is 2.95. The molecule has 0 saturated carbocycles. The monoisotopic (exact) mass is 380 g/mol. The standard InChI is InChI=1S/C21H24N4OS/c1-24-13-15-25(16-14-24)19-10-6-5-9-18(19)22-21(27)23-20(26)12-11-17-7-3-2-4-8-17/h2-12H,13-16H2,1H3,(H2,22,23,26,27)/b12-11+. The summed E-state index contributed by atoms with van der Waals surface area (Å²) in [6, 6.07) is 17.7. The predicted molar refractivity (Wildman–Crippen MR) is 116 cm³/mol. The number of rotatable bonds is 4. The van der Waals surface area contributed by atoms with Crippen molar-refractivity contribution in [2.24, 2.45) is 0 Å². The first kappa shape index (κ1) is 19.1. The SMILES string of the molecule is CN1CCN(c2ccccc2NC(=S)NC(=O)/C=C/c2ccccc2)CC1. The van der Waals surface area contributed by atoms with Crippen LogP contribution >= 0.6 is 12.2 Å². The van der Waals surface area contributed by atoms with Gasteiger partial charge in [-0.05, 0) is 43.0 Å². The molecule has 0 radical (unpaired) electrons. The molecular weight excluding hydrogens is 356 g/mol. The third-order valence-corrected chi connectivity index (χ3v) is 4.66. The Morgan fingerprint density at radius 2 is 1.67 bits per heavy atom. The van der Waals surface area contributed by atoms with Gasteiger partial charge in [0.2, 0.25) is 5.91 Å². The molecule has 140 valence electrons. The summed E-state index contributed by atoms with van der Waals surface area (Å²) in [4.78, 5) is 16.7. The molecule has 1 heterocycles. The topological polar surface area (TPSA) is 47.6 Å². The first-order valence-corrected chi connectivity index (χ1v) is 9.40. The molecule has 1 fully saturated rings. The van der Waals surface area contributed by atoms with Gasteiger partial charge in [-0.25, -0.2) is 0 Å². The Hall–Kier alpha value is -2.70. The lowest BCUT2D eigenvalue weighted by Crippen LogP contribution is -2.45. The summed E-state index contributed by atoms with van der Waals surface area (Å²) in [6.45, 7) is 3.99. The molecule has 3 rings (SSSR count). The molecule has 2 aromatic rings. The maximum Gasteiger partial charge on any atom is 0.250 e. The number of nitrogens with one attached hydrogen (secondary N) is 2. The van der Waals surface area contributed by atoms with Crippen molar-refractivity contribution in [1.82, 2.24) is 10.2 Å². The second kappa shape index (κ2) is 9.30. The number of carbonyl (C=O) groups is 1. The van der Waals surface area contributed by atoms with Crippen LogP contribution in [0.2, 0.25) is 0 Å². The highest BCUT2D eigenvalue weighted by atomic mass is 32.1. The van der Waals surface area contributed by atoms with Crippen molar-refractivity contribution < 1.29 is 4.79 Å². The van der Waals surface area contributed by atoms with Crippen molar-refractivity contribution in [3.05, 3.63) is 66.2 Å². The Bertz CT molecular complexity index is 814.